The van der Waals surface area contributed by atoms with Gasteiger partial charge in [0.05, 0.1) is 5.04 Å². The second-order valence-electron chi connectivity index (χ2n) is 4.00. The predicted octanol–water partition coefficient (Wildman–Crippen LogP) is 4.27. The molecular weight excluding hydrogens is 190 g/mol. The Labute approximate surface area is 92.8 Å². The summed E-state index contributed by atoms with van der Waals surface area (Å²) < 4.78 is 0. The Morgan fingerprint density at radius 2 is 1.93 bits per heavy atom. The highest BCUT2D eigenvalue weighted by Crippen LogP contribution is 2.17. The summed E-state index contributed by atoms with van der Waals surface area (Å²) in [5, 5.41) is 1.42. The molecule has 14 heavy (non-hydrogen) atoms. The van der Waals surface area contributed by atoms with Crippen LogP contribution in [0.2, 0.25) is 0 Å². The van der Waals surface area contributed by atoms with Gasteiger partial charge in [-0.15, -0.1) is 11.8 Å². The quantitative estimate of drug-likeness (QED) is 0.575. The van der Waals surface area contributed by atoms with Gasteiger partial charge in [-0.1, -0.05) is 39.0 Å². The van der Waals surface area contributed by atoms with Gasteiger partial charge in [0, 0.05) is 12.3 Å². The molecule has 82 valence electrons. The topological polar surface area (TPSA) is 12.4 Å². The minimum absolute atomic E-state index is 1.08. The SMILES string of the molecule is CCCCCCCCC1=NCCCS1. The first kappa shape index (κ1) is 12.1. The summed E-state index contributed by atoms with van der Waals surface area (Å²) in [4.78, 5) is 4.54. The van der Waals surface area contributed by atoms with Crippen molar-refractivity contribution in [1.29, 1.82) is 0 Å². The van der Waals surface area contributed by atoms with Crippen LogP contribution in [-0.4, -0.2) is 17.3 Å². The highest BCUT2D eigenvalue weighted by atomic mass is 32.2. The monoisotopic (exact) mass is 213 g/mol. The summed E-state index contributed by atoms with van der Waals surface area (Å²) >= 11 is 1.98. The van der Waals surface area contributed by atoms with Gasteiger partial charge in [0.2, 0.25) is 0 Å². The Balaban J connectivity index is 1.90. The zero-order valence-electron chi connectivity index (χ0n) is 9.43. The molecule has 0 aliphatic carbocycles. The number of aliphatic imine (C=N–C) groups is 1. The normalized spacial score (nSPS) is 16.8. The zero-order chi connectivity index (χ0) is 10.1. The Morgan fingerprint density at radius 1 is 1.14 bits per heavy atom. The Bertz CT molecular complexity index is 166. The first-order valence-corrected chi connectivity index (χ1v) is 7.08. The largest absolute Gasteiger partial charge is 0.283 e. The van der Waals surface area contributed by atoms with Crippen molar-refractivity contribution in [1.82, 2.24) is 0 Å². The standard InChI is InChI=1S/C12H23NS/c1-2-3-4-5-6-7-9-12-13-10-8-11-14-12/h2-11H2,1H3. The average molecular weight is 213 g/mol. The molecule has 1 aliphatic rings. The molecule has 0 amide bonds. The summed E-state index contributed by atoms with van der Waals surface area (Å²) in [6.45, 7) is 3.35. The highest BCUT2D eigenvalue weighted by molar-refractivity contribution is 8.13. The van der Waals surface area contributed by atoms with E-state index in [1.807, 2.05) is 11.8 Å². The lowest BCUT2D eigenvalue weighted by atomic mass is 10.1. The van der Waals surface area contributed by atoms with Crippen LogP contribution in [0.5, 0.6) is 0 Å². The molecule has 0 fully saturated rings. The number of thioether (sulfide) groups is 1. The van der Waals surface area contributed by atoms with Gasteiger partial charge in [-0.05, 0) is 19.3 Å². The first-order chi connectivity index (χ1) is 6.93. The van der Waals surface area contributed by atoms with E-state index in [2.05, 4.69) is 11.9 Å². The number of nitrogens with zero attached hydrogens (tertiary/aromatic N) is 1. The van der Waals surface area contributed by atoms with Crippen molar-refractivity contribution in [2.45, 2.75) is 58.3 Å². The molecule has 2 heteroatoms. The second-order valence-corrected chi connectivity index (χ2v) is 5.16. The second kappa shape index (κ2) is 8.34. The summed E-state index contributed by atoms with van der Waals surface area (Å²) in [5.41, 5.74) is 0. The van der Waals surface area contributed by atoms with E-state index in [1.54, 1.807) is 0 Å². The van der Waals surface area contributed by atoms with Crippen LogP contribution in [0, 0.1) is 0 Å². The molecule has 0 saturated heterocycles. The van der Waals surface area contributed by atoms with E-state index in [0.29, 0.717) is 0 Å². The fourth-order valence-corrected chi connectivity index (χ4v) is 2.69. The average Bonchev–Trinajstić information content (AvgIpc) is 2.25. The van der Waals surface area contributed by atoms with Gasteiger partial charge in [0.15, 0.2) is 0 Å². The van der Waals surface area contributed by atoms with E-state index >= 15 is 0 Å². The van der Waals surface area contributed by atoms with Crippen LogP contribution in [0.1, 0.15) is 58.3 Å². The van der Waals surface area contributed by atoms with Crippen LogP contribution < -0.4 is 0 Å². The first-order valence-electron chi connectivity index (χ1n) is 6.09. The van der Waals surface area contributed by atoms with Crippen molar-refractivity contribution in [2.75, 3.05) is 12.3 Å². The molecule has 0 atom stereocenters. The summed E-state index contributed by atoms with van der Waals surface area (Å²) in [6.07, 6.45) is 10.9. The zero-order valence-corrected chi connectivity index (χ0v) is 10.2. The van der Waals surface area contributed by atoms with Gasteiger partial charge in [0.1, 0.15) is 0 Å². The van der Waals surface area contributed by atoms with Crippen LogP contribution in [0.3, 0.4) is 0 Å². The Hall–Kier alpha value is 0.0200. The number of unbranched alkanes of at least 4 members (excludes halogenated alkanes) is 5. The van der Waals surface area contributed by atoms with Crippen molar-refractivity contribution in [3.63, 3.8) is 0 Å². The number of hydrogen-bond donors (Lipinski definition) is 0. The fourth-order valence-electron chi connectivity index (χ4n) is 1.71. The molecule has 0 saturated carbocycles. The third-order valence-corrected chi connectivity index (χ3v) is 3.76. The number of hydrogen-bond acceptors (Lipinski definition) is 2. The lowest BCUT2D eigenvalue weighted by Gasteiger charge is -2.10. The molecular formula is C12H23NS. The molecule has 0 aromatic rings. The lowest BCUT2D eigenvalue weighted by molar-refractivity contribution is 0.616. The molecule has 0 aromatic carbocycles. The summed E-state index contributed by atoms with van der Waals surface area (Å²) in [7, 11) is 0. The van der Waals surface area contributed by atoms with Crippen LogP contribution in [0.15, 0.2) is 4.99 Å². The molecule has 0 N–H and O–H groups in total. The van der Waals surface area contributed by atoms with Crippen molar-refractivity contribution in [2.24, 2.45) is 4.99 Å². The molecule has 0 aromatic heterocycles. The highest BCUT2D eigenvalue weighted by Gasteiger charge is 2.04. The van der Waals surface area contributed by atoms with Gasteiger partial charge in [-0.3, -0.25) is 4.99 Å². The van der Waals surface area contributed by atoms with E-state index in [4.69, 9.17) is 0 Å². The van der Waals surface area contributed by atoms with Crippen LogP contribution in [0.25, 0.3) is 0 Å². The van der Waals surface area contributed by atoms with Gasteiger partial charge >= 0.3 is 0 Å². The van der Waals surface area contributed by atoms with Gasteiger partial charge in [-0.2, -0.15) is 0 Å². The molecule has 1 rings (SSSR count). The summed E-state index contributed by atoms with van der Waals surface area (Å²) in [5.74, 6) is 1.30. The van der Waals surface area contributed by atoms with Gasteiger partial charge in [-0.25, -0.2) is 0 Å². The Morgan fingerprint density at radius 3 is 2.64 bits per heavy atom. The smallest absolute Gasteiger partial charge is 0.0675 e. The predicted molar refractivity (Wildman–Crippen MR) is 67.4 cm³/mol. The maximum atomic E-state index is 4.54. The maximum absolute atomic E-state index is 4.54. The third-order valence-electron chi connectivity index (χ3n) is 2.60. The van der Waals surface area contributed by atoms with Crippen molar-refractivity contribution < 1.29 is 0 Å². The van der Waals surface area contributed by atoms with Gasteiger partial charge < -0.3 is 0 Å². The molecule has 1 heterocycles. The number of rotatable bonds is 7. The Kier molecular flexibility index (Phi) is 7.20. The van der Waals surface area contributed by atoms with Crippen LogP contribution in [0.4, 0.5) is 0 Å². The fraction of sp³-hybridized carbons (Fsp3) is 0.917. The third kappa shape index (κ3) is 5.69. The minimum Gasteiger partial charge on any atom is -0.283 e. The summed E-state index contributed by atoms with van der Waals surface area (Å²) in [6, 6.07) is 0. The van der Waals surface area contributed by atoms with E-state index in [9.17, 15) is 0 Å². The lowest BCUT2D eigenvalue weighted by Crippen LogP contribution is -2.03. The van der Waals surface area contributed by atoms with Crippen LogP contribution in [-0.2, 0) is 0 Å². The van der Waals surface area contributed by atoms with Crippen LogP contribution >= 0.6 is 11.8 Å². The molecule has 0 unspecified atom stereocenters. The molecule has 0 spiro atoms. The van der Waals surface area contributed by atoms with E-state index in [1.165, 1.54) is 62.2 Å². The van der Waals surface area contributed by atoms with Crippen molar-refractivity contribution >= 4 is 16.8 Å². The van der Waals surface area contributed by atoms with Crippen molar-refractivity contribution in [3.8, 4) is 0 Å². The molecule has 1 aliphatic heterocycles. The maximum Gasteiger partial charge on any atom is 0.0675 e. The van der Waals surface area contributed by atoms with E-state index < -0.39 is 0 Å². The molecule has 0 bridgehead atoms. The minimum atomic E-state index is 1.08. The van der Waals surface area contributed by atoms with Gasteiger partial charge in [0.25, 0.3) is 0 Å². The molecule has 1 nitrogen and oxygen atoms in total. The van der Waals surface area contributed by atoms with Crippen molar-refractivity contribution in [3.05, 3.63) is 0 Å². The molecule has 0 radical (unpaired) electrons. The van der Waals surface area contributed by atoms with E-state index in [0.717, 1.165) is 6.54 Å². The van der Waals surface area contributed by atoms with E-state index in [-0.39, 0.29) is 0 Å².